The number of nitrogens with one attached hydrogen (secondary N) is 1. The number of hydrogen-bond donors (Lipinski definition) is 1. The topological polar surface area (TPSA) is 38.3 Å². The van der Waals surface area contributed by atoms with Crippen LogP contribution in [0.25, 0.3) is 0 Å². The lowest BCUT2D eigenvalue weighted by Crippen LogP contribution is -2.35. The predicted octanol–water partition coefficient (Wildman–Crippen LogP) is 4.45. The maximum Gasteiger partial charge on any atom is 0.408 e. The average Bonchev–Trinajstić information content (AvgIpc) is 2.24. The van der Waals surface area contributed by atoms with E-state index in [4.69, 9.17) is 16.3 Å². The second-order valence-electron chi connectivity index (χ2n) is 5.27. The van der Waals surface area contributed by atoms with E-state index in [1.165, 1.54) is 6.07 Å². The zero-order chi connectivity index (χ0) is 14.6. The molecule has 0 aliphatic carbocycles. The lowest BCUT2D eigenvalue weighted by molar-refractivity contribution is 0.0501. The van der Waals surface area contributed by atoms with Gasteiger partial charge < -0.3 is 10.1 Å². The fourth-order valence-electron chi connectivity index (χ4n) is 1.63. The van der Waals surface area contributed by atoms with Crippen LogP contribution in [0.4, 0.5) is 9.18 Å². The molecular weight excluding hydrogens is 269 g/mol. The largest absolute Gasteiger partial charge is 0.444 e. The molecule has 106 valence electrons. The molecule has 1 unspecified atom stereocenters. The minimum absolute atomic E-state index is 0.327. The molecule has 1 rings (SSSR count). The fourth-order valence-corrected chi connectivity index (χ4v) is 1.79. The van der Waals surface area contributed by atoms with Crippen molar-refractivity contribution in [2.24, 2.45) is 0 Å². The van der Waals surface area contributed by atoms with Gasteiger partial charge in [-0.2, -0.15) is 0 Å². The third kappa shape index (κ3) is 5.07. The Labute approximate surface area is 118 Å². The van der Waals surface area contributed by atoms with Gasteiger partial charge in [0.2, 0.25) is 0 Å². The third-order valence-corrected chi connectivity index (χ3v) is 2.67. The first-order valence-corrected chi connectivity index (χ1v) is 6.55. The Bertz CT molecular complexity index is 457. The van der Waals surface area contributed by atoms with Gasteiger partial charge in [0, 0.05) is 10.6 Å². The second-order valence-corrected chi connectivity index (χ2v) is 5.71. The Morgan fingerprint density at radius 2 is 2.11 bits per heavy atom. The van der Waals surface area contributed by atoms with E-state index in [1.807, 2.05) is 6.92 Å². The molecule has 1 amide bonds. The number of rotatable bonds is 3. The first kappa shape index (κ1) is 15.8. The Morgan fingerprint density at radius 3 is 2.58 bits per heavy atom. The van der Waals surface area contributed by atoms with E-state index in [-0.39, 0.29) is 0 Å². The van der Waals surface area contributed by atoms with Crippen LogP contribution >= 0.6 is 11.6 Å². The highest BCUT2D eigenvalue weighted by molar-refractivity contribution is 6.30. The van der Waals surface area contributed by atoms with Crippen LogP contribution in [0.1, 0.15) is 45.7 Å². The summed E-state index contributed by atoms with van der Waals surface area (Å²) in [6, 6.07) is 3.96. The highest BCUT2D eigenvalue weighted by Crippen LogP contribution is 2.23. The smallest absolute Gasteiger partial charge is 0.408 e. The van der Waals surface area contributed by atoms with Crippen LogP contribution in [0.3, 0.4) is 0 Å². The summed E-state index contributed by atoms with van der Waals surface area (Å²) >= 11 is 5.71. The average molecular weight is 288 g/mol. The normalized spacial score (nSPS) is 12.9. The van der Waals surface area contributed by atoms with Crippen molar-refractivity contribution in [3.05, 3.63) is 34.6 Å². The van der Waals surface area contributed by atoms with Crippen LogP contribution < -0.4 is 5.32 Å². The summed E-state index contributed by atoms with van der Waals surface area (Å²) in [4.78, 5) is 11.7. The Hall–Kier alpha value is -1.29. The molecule has 1 N–H and O–H groups in total. The molecule has 1 atom stereocenters. The van der Waals surface area contributed by atoms with E-state index >= 15 is 0 Å². The van der Waals surface area contributed by atoms with Crippen LogP contribution in [0, 0.1) is 5.82 Å². The summed E-state index contributed by atoms with van der Waals surface area (Å²) in [5, 5.41) is 2.98. The van der Waals surface area contributed by atoms with Gasteiger partial charge in [-0.3, -0.25) is 0 Å². The van der Waals surface area contributed by atoms with Crippen LogP contribution in [-0.4, -0.2) is 11.7 Å². The molecule has 0 aliphatic heterocycles. The number of benzene rings is 1. The number of alkyl carbamates (subject to hydrolysis) is 1. The van der Waals surface area contributed by atoms with E-state index in [0.29, 0.717) is 17.0 Å². The second kappa shape index (κ2) is 6.24. The van der Waals surface area contributed by atoms with Gasteiger partial charge in [0.15, 0.2) is 0 Å². The van der Waals surface area contributed by atoms with Gasteiger partial charge in [-0.05, 0) is 39.3 Å². The Balaban J connectivity index is 2.81. The highest BCUT2D eigenvalue weighted by Gasteiger charge is 2.21. The Morgan fingerprint density at radius 1 is 1.47 bits per heavy atom. The van der Waals surface area contributed by atoms with E-state index in [2.05, 4.69) is 5.32 Å². The number of carbonyl (C=O) groups excluding carboxylic acids is 1. The van der Waals surface area contributed by atoms with Crippen LogP contribution in [0.5, 0.6) is 0 Å². The summed E-state index contributed by atoms with van der Waals surface area (Å²) in [7, 11) is 0. The summed E-state index contributed by atoms with van der Waals surface area (Å²) in [6.07, 6.45) is -0.00802. The van der Waals surface area contributed by atoms with Crippen molar-refractivity contribution in [1.82, 2.24) is 5.32 Å². The van der Waals surface area contributed by atoms with Crippen LogP contribution in [0.2, 0.25) is 5.02 Å². The van der Waals surface area contributed by atoms with Crippen molar-refractivity contribution >= 4 is 17.7 Å². The molecule has 0 spiro atoms. The quantitative estimate of drug-likeness (QED) is 0.891. The maximum absolute atomic E-state index is 13.8. The molecule has 0 saturated carbocycles. The number of hydrogen-bond acceptors (Lipinski definition) is 2. The molecular formula is C14H19ClFNO2. The van der Waals surface area contributed by atoms with Crippen molar-refractivity contribution in [1.29, 1.82) is 0 Å². The van der Waals surface area contributed by atoms with Crippen molar-refractivity contribution in [3.8, 4) is 0 Å². The molecule has 5 heteroatoms. The lowest BCUT2D eigenvalue weighted by atomic mass is 10.0. The van der Waals surface area contributed by atoms with E-state index in [0.717, 1.165) is 0 Å². The molecule has 0 bridgehead atoms. The summed E-state index contributed by atoms with van der Waals surface area (Å²) in [5.74, 6) is -0.435. The monoisotopic (exact) mass is 287 g/mol. The van der Waals surface area contributed by atoms with Gasteiger partial charge in [0.1, 0.15) is 11.4 Å². The molecule has 1 aromatic carbocycles. The number of amides is 1. The van der Waals surface area contributed by atoms with Crippen LogP contribution in [-0.2, 0) is 4.74 Å². The van der Waals surface area contributed by atoms with Crippen LogP contribution in [0.15, 0.2) is 18.2 Å². The number of halogens is 2. The summed E-state index contributed by atoms with van der Waals surface area (Å²) < 4.78 is 19.0. The van der Waals surface area contributed by atoms with Gasteiger partial charge in [-0.1, -0.05) is 24.6 Å². The molecule has 0 aliphatic rings. The molecule has 0 fully saturated rings. The predicted molar refractivity (Wildman–Crippen MR) is 73.8 cm³/mol. The zero-order valence-corrected chi connectivity index (χ0v) is 12.3. The standard InChI is InChI=1S/C14H19ClFNO2/c1-5-12(17-13(18)19-14(2,3)4)10-7-6-9(15)8-11(10)16/h6-8,12H,5H2,1-4H3,(H,17,18). The van der Waals surface area contributed by atoms with Gasteiger partial charge in [0.25, 0.3) is 0 Å². The van der Waals surface area contributed by atoms with Crippen molar-refractivity contribution in [2.45, 2.75) is 45.8 Å². The summed E-state index contributed by atoms with van der Waals surface area (Å²) in [6.45, 7) is 7.18. The van der Waals surface area contributed by atoms with Gasteiger partial charge in [-0.25, -0.2) is 9.18 Å². The first-order chi connectivity index (χ1) is 8.73. The van der Waals surface area contributed by atoms with Gasteiger partial charge >= 0.3 is 6.09 Å². The van der Waals surface area contributed by atoms with Gasteiger partial charge in [-0.15, -0.1) is 0 Å². The summed E-state index contributed by atoms with van der Waals surface area (Å²) in [5.41, 5.74) is -0.182. The molecule has 19 heavy (non-hydrogen) atoms. The fraction of sp³-hybridized carbons (Fsp3) is 0.500. The number of carbonyl (C=O) groups is 1. The zero-order valence-electron chi connectivity index (χ0n) is 11.6. The minimum atomic E-state index is -0.582. The van der Waals surface area contributed by atoms with E-state index in [9.17, 15) is 9.18 Å². The molecule has 3 nitrogen and oxygen atoms in total. The highest BCUT2D eigenvalue weighted by atomic mass is 35.5. The third-order valence-electron chi connectivity index (χ3n) is 2.44. The molecule has 0 radical (unpaired) electrons. The molecule has 0 saturated heterocycles. The Kier molecular flexibility index (Phi) is 5.18. The van der Waals surface area contributed by atoms with Crippen molar-refractivity contribution < 1.29 is 13.9 Å². The van der Waals surface area contributed by atoms with Crippen molar-refractivity contribution in [2.75, 3.05) is 0 Å². The maximum atomic E-state index is 13.8. The molecule has 0 aromatic heterocycles. The number of ether oxygens (including phenoxy) is 1. The SMILES string of the molecule is CCC(NC(=O)OC(C)(C)C)c1ccc(Cl)cc1F. The first-order valence-electron chi connectivity index (χ1n) is 6.17. The van der Waals surface area contributed by atoms with E-state index in [1.54, 1.807) is 32.9 Å². The molecule has 0 heterocycles. The van der Waals surface area contributed by atoms with E-state index < -0.39 is 23.6 Å². The minimum Gasteiger partial charge on any atom is -0.444 e. The lowest BCUT2D eigenvalue weighted by Gasteiger charge is -2.23. The molecule has 1 aromatic rings. The van der Waals surface area contributed by atoms with Crippen molar-refractivity contribution in [3.63, 3.8) is 0 Å². The van der Waals surface area contributed by atoms with Gasteiger partial charge in [0.05, 0.1) is 6.04 Å².